The highest BCUT2D eigenvalue weighted by Gasteiger charge is 2.25. The van der Waals surface area contributed by atoms with Gasteiger partial charge in [-0.05, 0) is 29.5 Å². The average Bonchev–Trinajstić information content (AvgIpc) is 2.20. The highest BCUT2D eigenvalue weighted by Crippen LogP contribution is 2.23. The lowest BCUT2D eigenvalue weighted by molar-refractivity contribution is 0.0513. The molecule has 1 aromatic heterocycles. The molecule has 1 heterocycles. The van der Waals surface area contributed by atoms with Crippen molar-refractivity contribution in [3.8, 4) is 0 Å². The Morgan fingerprint density at radius 2 is 2.25 bits per heavy atom. The van der Waals surface area contributed by atoms with Gasteiger partial charge in [0.15, 0.2) is 0 Å². The van der Waals surface area contributed by atoms with Crippen LogP contribution in [0.1, 0.15) is 29.3 Å². The van der Waals surface area contributed by atoms with E-state index in [1.54, 1.807) is 29.5 Å². The smallest absolute Gasteiger partial charge is 0.339 e. The third-order valence-corrected chi connectivity index (χ3v) is 2.63. The number of hydrogen-bond acceptors (Lipinski definition) is 3. The van der Waals surface area contributed by atoms with E-state index in [9.17, 15) is 18.4 Å². The number of carbonyl (C=O) groups excluding carboxylic acids is 1. The van der Waals surface area contributed by atoms with Gasteiger partial charge in [-0.1, -0.05) is 0 Å². The van der Waals surface area contributed by atoms with Crippen molar-refractivity contribution >= 4 is 28.6 Å². The van der Waals surface area contributed by atoms with E-state index in [4.69, 9.17) is 0 Å². The van der Waals surface area contributed by atoms with Crippen LogP contribution in [-0.2, 0) is 4.74 Å². The number of rotatable bonds is 3. The molecule has 0 aliphatic carbocycles. The number of H-pyrrole nitrogens is 1. The molecule has 0 aliphatic heterocycles. The molecule has 0 aromatic carbocycles. The standard InChI is InChI=1S/C9H8F2INO3/c1-2-16-9(15)5-4(12)3-13-8(14)6(5)7(10)11/h3,7H,2H2,1H3,(H,13,14). The summed E-state index contributed by atoms with van der Waals surface area (Å²) < 4.78 is 30.1. The van der Waals surface area contributed by atoms with Crippen LogP contribution in [0.3, 0.4) is 0 Å². The van der Waals surface area contributed by atoms with E-state index >= 15 is 0 Å². The van der Waals surface area contributed by atoms with Gasteiger partial charge in [0.2, 0.25) is 0 Å². The SMILES string of the molecule is CCOC(=O)c1c(I)c[nH]c(=O)c1C(F)F. The number of alkyl halides is 2. The molecule has 1 rings (SSSR count). The maximum absolute atomic E-state index is 12.6. The highest BCUT2D eigenvalue weighted by molar-refractivity contribution is 14.1. The number of carbonyl (C=O) groups is 1. The Morgan fingerprint density at radius 3 is 2.75 bits per heavy atom. The van der Waals surface area contributed by atoms with Gasteiger partial charge in [-0.15, -0.1) is 0 Å². The second-order valence-corrected chi connectivity index (χ2v) is 3.94. The number of aromatic amines is 1. The van der Waals surface area contributed by atoms with Crippen molar-refractivity contribution in [3.63, 3.8) is 0 Å². The van der Waals surface area contributed by atoms with Gasteiger partial charge in [0.05, 0.1) is 17.7 Å². The van der Waals surface area contributed by atoms with Gasteiger partial charge in [0, 0.05) is 9.77 Å². The Morgan fingerprint density at radius 1 is 1.62 bits per heavy atom. The Labute approximate surface area is 103 Å². The largest absolute Gasteiger partial charge is 0.462 e. The third kappa shape index (κ3) is 2.57. The Balaban J connectivity index is 3.40. The molecular weight excluding hydrogens is 335 g/mol. The molecule has 0 unspecified atom stereocenters. The van der Waals surface area contributed by atoms with Crippen LogP contribution in [0.2, 0.25) is 0 Å². The van der Waals surface area contributed by atoms with Crippen molar-refractivity contribution in [2.75, 3.05) is 6.61 Å². The number of esters is 1. The predicted molar refractivity (Wildman–Crippen MR) is 60.7 cm³/mol. The van der Waals surface area contributed by atoms with Gasteiger partial charge in [0.25, 0.3) is 12.0 Å². The molecule has 0 saturated carbocycles. The van der Waals surface area contributed by atoms with Crippen LogP contribution in [0.4, 0.5) is 8.78 Å². The summed E-state index contributed by atoms with van der Waals surface area (Å²) in [6.45, 7) is 1.62. The molecule has 0 amide bonds. The molecule has 0 aliphatic rings. The van der Waals surface area contributed by atoms with E-state index in [-0.39, 0.29) is 15.7 Å². The molecule has 0 saturated heterocycles. The number of pyridine rings is 1. The first kappa shape index (κ1) is 13.1. The maximum atomic E-state index is 12.6. The molecule has 0 atom stereocenters. The Kier molecular flexibility index (Phi) is 4.39. The lowest BCUT2D eigenvalue weighted by atomic mass is 10.1. The molecule has 16 heavy (non-hydrogen) atoms. The van der Waals surface area contributed by atoms with Crippen molar-refractivity contribution in [1.29, 1.82) is 0 Å². The van der Waals surface area contributed by atoms with E-state index in [1.165, 1.54) is 6.20 Å². The molecule has 0 bridgehead atoms. The van der Waals surface area contributed by atoms with Crippen LogP contribution in [0.5, 0.6) is 0 Å². The summed E-state index contributed by atoms with van der Waals surface area (Å²) in [7, 11) is 0. The lowest BCUT2D eigenvalue weighted by Gasteiger charge is -2.08. The summed E-state index contributed by atoms with van der Waals surface area (Å²) in [5.74, 6) is -0.909. The van der Waals surface area contributed by atoms with E-state index in [1.807, 2.05) is 0 Å². The second-order valence-electron chi connectivity index (χ2n) is 2.78. The number of hydrogen-bond donors (Lipinski definition) is 1. The first-order valence-corrected chi connectivity index (χ1v) is 5.43. The molecular formula is C9H8F2INO3. The van der Waals surface area contributed by atoms with E-state index in [0.29, 0.717) is 0 Å². The Hall–Kier alpha value is -0.990. The fourth-order valence-corrected chi connectivity index (χ4v) is 1.81. The maximum Gasteiger partial charge on any atom is 0.339 e. The fourth-order valence-electron chi connectivity index (χ4n) is 1.14. The van der Waals surface area contributed by atoms with Crippen LogP contribution in [-0.4, -0.2) is 17.6 Å². The Bertz CT molecular complexity index is 459. The lowest BCUT2D eigenvalue weighted by Crippen LogP contribution is -2.21. The molecule has 88 valence electrons. The van der Waals surface area contributed by atoms with E-state index in [0.717, 1.165) is 0 Å². The van der Waals surface area contributed by atoms with Gasteiger partial charge in [-0.2, -0.15) is 0 Å². The monoisotopic (exact) mass is 343 g/mol. The van der Waals surface area contributed by atoms with Crippen LogP contribution in [0, 0.1) is 3.57 Å². The van der Waals surface area contributed by atoms with Crippen molar-refractivity contribution < 1.29 is 18.3 Å². The zero-order valence-corrected chi connectivity index (χ0v) is 10.4. The minimum Gasteiger partial charge on any atom is -0.462 e. The summed E-state index contributed by atoms with van der Waals surface area (Å²) in [4.78, 5) is 24.8. The van der Waals surface area contributed by atoms with Crippen molar-refractivity contribution in [2.24, 2.45) is 0 Å². The first-order chi connectivity index (χ1) is 7.49. The number of nitrogens with one attached hydrogen (secondary N) is 1. The molecule has 4 nitrogen and oxygen atoms in total. The van der Waals surface area contributed by atoms with Gasteiger partial charge in [-0.3, -0.25) is 4.79 Å². The van der Waals surface area contributed by atoms with Gasteiger partial charge >= 0.3 is 5.97 Å². The molecule has 0 fully saturated rings. The summed E-state index contributed by atoms with van der Waals surface area (Å²) in [5.41, 5.74) is -2.18. The van der Waals surface area contributed by atoms with Crippen LogP contribution in [0.25, 0.3) is 0 Å². The highest BCUT2D eigenvalue weighted by atomic mass is 127. The van der Waals surface area contributed by atoms with Crippen LogP contribution >= 0.6 is 22.6 Å². The zero-order valence-electron chi connectivity index (χ0n) is 8.22. The predicted octanol–water partition coefficient (Wildman–Crippen LogP) is 2.09. The third-order valence-electron chi connectivity index (χ3n) is 1.78. The fraction of sp³-hybridized carbons (Fsp3) is 0.333. The molecule has 0 spiro atoms. The quantitative estimate of drug-likeness (QED) is 0.676. The summed E-state index contributed by atoms with van der Waals surface area (Å²) in [6, 6.07) is 0. The number of halogens is 3. The number of aromatic nitrogens is 1. The van der Waals surface area contributed by atoms with E-state index in [2.05, 4.69) is 9.72 Å². The summed E-state index contributed by atoms with van der Waals surface area (Å²) in [5, 5.41) is 0. The van der Waals surface area contributed by atoms with Crippen LogP contribution in [0.15, 0.2) is 11.0 Å². The van der Waals surface area contributed by atoms with Crippen molar-refractivity contribution in [3.05, 3.63) is 31.2 Å². The van der Waals surface area contributed by atoms with Gasteiger partial charge in [0.1, 0.15) is 0 Å². The van der Waals surface area contributed by atoms with Gasteiger partial charge < -0.3 is 9.72 Å². The average molecular weight is 343 g/mol. The zero-order chi connectivity index (χ0) is 12.3. The first-order valence-electron chi connectivity index (χ1n) is 4.35. The van der Waals surface area contributed by atoms with Gasteiger partial charge in [-0.25, -0.2) is 13.6 Å². The normalized spacial score (nSPS) is 10.6. The number of ether oxygens (including phenoxy) is 1. The van der Waals surface area contributed by atoms with Crippen molar-refractivity contribution in [2.45, 2.75) is 13.3 Å². The molecule has 0 radical (unpaired) electrons. The second kappa shape index (κ2) is 5.37. The summed E-state index contributed by atoms with van der Waals surface area (Å²) in [6.07, 6.45) is -1.82. The minimum absolute atomic E-state index is 0.0599. The van der Waals surface area contributed by atoms with Crippen molar-refractivity contribution in [1.82, 2.24) is 4.98 Å². The minimum atomic E-state index is -3.02. The molecule has 7 heteroatoms. The molecule has 1 aromatic rings. The van der Waals surface area contributed by atoms with E-state index < -0.39 is 23.5 Å². The summed E-state index contributed by atoms with van der Waals surface area (Å²) >= 11 is 1.69. The molecule has 1 N–H and O–H groups in total. The van der Waals surface area contributed by atoms with Crippen LogP contribution < -0.4 is 5.56 Å². The topological polar surface area (TPSA) is 59.2 Å².